The lowest BCUT2D eigenvalue weighted by molar-refractivity contribution is 0.177. The van der Waals surface area contributed by atoms with Gasteiger partial charge in [-0.25, -0.2) is 9.97 Å². The first-order valence-electron chi connectivity index (χ1n) is 13.9. The van der Waals surface area contributed by atoms with E-state index in [0.29, 0.717) is 18.0 Å². The summed E-state index contributed by atoms with van der Waals surface area (Å²) in [5.41, 5.74) is 2.22. The number of piperazine rings is 1. The van der Waals surface area contributed by atoms with E-state index in [0.717, 1.165) is 86.1 Å². The molecule has 3 heterocycles. The number of hydrogen-bond acceptors (Lipinski definition) is 7. The van der Waals surface area contributed by atoms with E-state index < -0.39 is 0 Å². The first-order chi connectivity index (χ1) is 17.0. The normalized spacial score (nSPS) is 21.7. The third-order valence-electron chi connectivity index (χ3n) is 8.43. The van der Waals surface area contributed by atoms with Gasteiger partial charge in [-0.3, -0.25) is 0 Å². The van der Waals surface area contributed by atoms with Crippen molar-refractivity contribution in [3.05, 3.63) is 18.0 Å². The Morgan fingerprint density at radius 3 is 2.29 bits per heavy atom. The van der Waals surface area contributed by atoms with Crippen molar-refractivity contribution in [1.29, 1.82) is 0 Å². The Labute approximate surface area is 211 Å². The molecule has 1 aromatic heterocycles. The molecule has 192 valence electrons. The van der Waals surface area contributed by atoms with Crippen LogP contribution in [-0.2, 0) is 0 Å². The molecule has 1 aliphatic carbocycles. The van der Waals surface area contributed by atoms with Crippen LogP contribution in [0, 0.1) is 0 Å². The van der Waals surface area contributed by atoms with Gasteiger partial charge in [0.05, 0.1) is 18.3 Å². The predicted octanol–water partition coefficient (Wildman–Crippen LogP) is 4.72. The van der Waals surface area contributed by atoms with Gasteiger partial charge < -0.3 is 24.8 Å². The first kappa shape index (κ1) is 24.6. The number of benzene rings is 1. The van der Waals surface area contributed by atoms with Gasteiger partial charge in [-0.15, -0.1) is 0 Å². The number of hydrogen-bond donors (Lipinski definition) is 1. The average Bonchev–Trinajstić information content (AvgIpc) is 2.89. The molecule has 0 radical (unpaired) electrons. The maximum atomic E-state index is 5.92. The zero-order chi connectivity index (χ0) is 24.4. The van der Waals surface area contributed by atoms with Gasteiger partial charge in [0.2, 0.25) is 0 Å². The second-order valence-corrected chi connectivity index (χ2v) is 11.1. The lowest BCUT2D eigenvalue weighted by Crippen LogP contribution is -2.44. The number of piperidine rings is 1. The molecule has 2 aliphatic heterocycles. The minimum absolute atomic E-state index is 0.450. The number of aromatic nitrogens is 2. The van der Waals surface area contributed by atoms with Crippen LogP contribution in [0.15, 0.2) is 12.1 Å². The maximum Gasteiger partial charge on any atom is 0.143 e. The van der Waals surface area contributed by atoms with E-state index in [-0.39, 0.29) is 0 Å². The number of ether oxygens (including phenoxy) is 1. The average molecular weight is 481 g/mol. The molecule has 1 saturated carbocycles. The van der Waals surface area contributed by atoms with Gasteiger partial charge in [-0.1, -0.05) is 19.3 Å². The van der Waals surface area contributed by atoms with Crippen LogP contribution in [0.4, 0.5) is 11.5 Å². The van der Waals surface area contributed by atoms with Crippen LogP contribution in [0.2, 0.25) is 0 Å². The molecule has 1 N–H and O–H groups in total. The van der Waals surface area contributed by atoms with Crippen molar-refractivity contribution >= 4 is 22.4 Å². The quantitative estimate of drug-likeness (QED) is 0.642. The van der Waals surface area contributed by atoms with Gasteiger partial charge in [0.25, 0.3) is 0 Å². The zero-order valence-electron chi connectivity index (χ0n) is 22.2. The molecule has 7 nitrogen and oxygen atoms in total. The number of nitrogens with one attached hydrogen (secondary N) is 1. The topological polar surface area (TPSA) is 56.8 Å². The monoisotopic (exact) mass is 480 g/mol. The lowest BCUT2D eigenvalue weighted by atomic mass is 9.88. The Hall–Kier alpha value is -2.12. The molecular formula is C28H44N6O. The second-order valence-electron chi connectivity index (χ2n) is 11.1. The van der Waals surface area contributed by atoms with Crippen molar-refractivity contribution in [3.8, 4) is 5.75 Å². The van der Waals surface area contributed by atoms with Gasteiger partial charge in [0.15, 0.2) is 0 Å². The number of rotatable bonds is 6. The number of likely N-dealkylation sites (N-methyl/N-ethyl adjacent to an activating group) is 1. The standard InChI is InChI=1S/C28H44N6O/c1-20(2)33-12-10-22(11-13-33)29-28-23-18-26(35-4)25(34-16-14-32(3)15-17-34)19-24(23)30-27(31-28)21-8-6-5-7-9-21/h18-22H,5-17H2,1-4H3,(H,29,30,31). The van der Waals surface area contributed by atoms with E-state index in [1.807, 2.05) is 0 Å². The van der Waals surface area contributed by atoms with Crippen LogP contribution < -0.4 is 15.0 Å². The molecule has 0 atom stereocenters. The molecule has 0 amide bonds. The summed E-state index contributed by atoms with van der Waals surface area (Å²) >= 11 is 0. The number of likely N-dealkylation sites (tertiary alicyclic amines) is 1. The van der Waals surface area contributed by atoms with Crippen LogP contribution in [0.5, 0.6) is 5.75 Å². The number of methoxy groups -OCH3 is 1. The molecular weight excluding hydrogens is 436 g/mol. The SMILES string of the molecule is COc1cc2c(NC3CCN(C(C)C)CC3)nc(C3CCCCC3)nc2cc1N1CCN(C)CC1. The Kier molecular flexibility index (Phi) is 7.63. The Morgan fingerprint density at radius 2 is 1.63 bits per heavy atom. The fraction of sp³-hybridized carbons (Fsp3) is 0.714. The summed E-state index contributed by atoms with van der Waals surface area (Å²) in [6, 6.07) is 5.51. The van der Waals surface area contributed by atoms with Crippen LogP contribution in [0.25, 0.3) is 10.9 Å². The summed E-state index contributed by atoms with van der Waals surface area (Å²) in [6.07, 6.45) is 8.64. The molecule has 1 aromatic carbocycles. The van der Waals surface area contributed by atoms with Gasteiger partial charge in [-0.2, -0.15) is 0 Å². The molecule has 0 spiro atoms. The van der Waals surface area contributed by atoms with Crippen molar-refractivity contribution < 1.29 is 4.74 Å². The van der Waals surface area contributed by atoms with Crippen molar-refractivity contribution in [2.75, 3.05) is 63.6 Å². The highest BCUT2D eigenvalue weighted by molar-refractivity contribution is 5.94. The van der Waals surface area contributed by atoms with E-state index in [4.69, 9.17) is 14.7 Å². The maximum absolute atomic E-state index is 5.92. The molecule has 5 rings (SSSR count). The van der Waals surface area contributed by atoms with Gasteiger partial charge in [-0.05, 0) is 58.7 Å². The van der Waals surface area contributed by atoms with Crippen LogP contribution in [-0.4, -0.2) is 85.3 Å². The van der Waals surface area contributed by atoms with E-state index in [1.54, 1.807) is 7.11 Å². The zero-order valence-corrected chi connectivity index (χ0v) is 22.2. The Balaban J connectivity index is 1.49. The molecule has 2 aromatic rings. The summed E-state index contributed by atoms with van der Waals surface area (Å²) in [5, 5.41) is 4.95. The molecule has 35 heavy (non-hydrogen) atoms. The lowest BCUT2D eigenvalue weighted by Gasteiger charge is -2.36. The molecule has 0 unspecified atom stereocenters. The molecule has 2 saturated heterocycles. The summed E-state index contributed by atoms with van der Waals surface area (Å²) < 4.78 is 5.92. The molecule has 3 aliphatic rings. The van der Waals surface area contributed by atoms with Gasteiger partial charge in [0.1, 0.15) is 17.4 Å². The Morgan fingerprint density at radius 1 is 0.914 bits per heavy atom. The molecule has 3 fully saturated rings. The van der Waals surface area contributed by atoms with E-state index in [1.165, 1.54) is 32.1 Å². The number of anilines is 2. The van der Waals surface area contributed by atoms with Crippen molar-refractivity contribution in [3.63, 3.8) is 0 Å². The molecule has 0 bridgehead atoms. The minimum Gasteiger partial charge on any atom is -0.495 e. The van der Waals surface area contributed by atoms with Crippen molar-refractivity contribution in [1.82, 2.24) is 19.8 Å². The van der Waals surface area contributed by atoms with E-state index in [2.05, 4.69) is 53.0 Å². The van der Waals surface area contributed by atoms with Crippen LogP contribution in [0.1, 0.15) is 70.5 Å². The third-order valence-corrected chi connectivity index (χ3v) is 8.43. The minimum atomic E-state index is 0.450. The largest absolute Gasteiger partial charge is 0.495 e. The highest BCUT2D eigenvalue weighted by atomic mass is 16.5. The van der Waals surface area contributed by atoms with E-state index >= 15 is 0 Å². The predicted molar refractivity (Wildman–Crippen MR) is 145 cm³/mol. The summed E-state index contributed by atoms with van der Waals surface area (Å²) in [7, 11) is 3.98. The molecule has 7 heteroatoms. The highest BCUT2D eigenvalue weighted by Crippen LogP contribution is 2.38. The van der Waals surface area contributed by atoms with E-state index in [9.17, 15) is 0 Å². The summed E-state index contributed by atoms with van der Waals surface area (Å²) in [4.78, 5) is 17.8. The smallest absolute Gasteiger partial charge is 0.143 e. The fourth-order valence-electron chi connectivity index (χ4n) is 6.03. The fourth-order valence-corrected chi connectivity index (χ4v) is 6.03. The van der Waals surface area contributed by atoms with Gasteiger partial charge >= 0.3 is 0 Å². The van der Waals surface area contributed by atoms with Crippen LogP contribution >= 0.6 is 0 Å². The Bertz CT molecular complexity index is 989. The summed E-state index contributed by atoms with van der Waals surface area (Å²) in [6.45, 7) is 11.0. The van der Waals surface area contributed by atoms with Gasteiger partial charge in [0, 0.05) is 62.7 Å². The number of fused-ring (bicyclic) bond motifs is 1. The van der Waals surface area contributed by atoms with Crippen LogP contribution in [0.3, 0.4) is 0 Å². The second kappa shape index (κ2) is 10.9. The summed E-state index contributed by atoms with van der Waals surface area (Å²) in [5.74, 6) is 3.44. The van der Waals surface area contributed by atoms with Crippen molar-refractivity contribution in [2.45, 2.75) is 76.8 Å². The number of nitrogens with zero attached hydrogens (tertiary/aromatic N) is 5. The first-order valence-corrected chi connectivity index (χ1v) is 13.9. The highest BCUT2D eigenvalue weighted by Gasteiger charge is 2.26. The third kappa shape index (κ3) is 5.51. The van der Waals surface area contributed by atoms with Crippen molar-refractivity contribution in [2.24, 2.45) is 0 Å².